The molecule has 0 unspecified atom stereocenters. The number of piperidine rings is 1. The smallest absolute Gasteiger partial charge is 0.347 e. The molecule has 2 saturated heterocycles. The van der Waals surface area contributed by atoms with Gasteiger partial charge in [-0.25, -0.2) is 4.79 Å². The van der Waals surface area contributed by atoms with Crippen LogP contribution in [0.3, 0.4) is 0 Å². The van der Waals surface area contributed by atoms with Gasteiger partial charge >= 0.3 is 12.2 Å². The van der Waals surface area contributed by atoms with E-state index >= 15 is 0 Å². The molecular formula is C15H21F3N4O4. The summed E-state index contributed by atoms with van der Waals surface area (Å²) in [5.74, 6) is -1.73. The van der Waals surface area contributed by atoms with E-state index in [2.05, 4.69) is 5.32 Å². The van der Waals surface area contributed by atoms with Crippen molar-refractivity contribution < 1.29 is 32.3 Å². The fraction of sp³-hybridized carbons (Fsp3) is 0.733. The van der Waals surface area contributed by atoms with Crippen LogP contribution >= 0.6 is 0 Å². The summed E-state index contributed by atoms with van der Waals surface area (Å²) in [6, 6.07) is -0.519. The topological polar surface area (TPSA) is 98.8 Å². The van der Waals surface area contributed by atoms with Gasteiger partial charge in [0, 0.05) is 44.9 Å². The second-order valence-corrected chi connectivity index (χ2v) is 6.33. The fourth-order valence-electron chi connectivity index (χ4n) is 2.92. The van der Waals surface area contributed by atoms with Gasteiger partial charge in [-0.15, -0.1) is 0 Å². The summed E-state index contributed by atoms with van der Waals surface area (Å²) in [5, 5.41) is 4.04. The monoisotopic (exact) mass is 378 g/mol. The molecule has 26 heavy (non-hydrogen) atoms. The van der Waals surface area contributed by atoms with Crippen molar-refractivity contribution in [3.63, 3.8) is 0 Å². The molecule has 0 spiro atoms. The third-order valence-corrected chi connectivity index (χ3v) is 4.42. The lowest BCUT2D eigenvalue weighted by atomic mass is 9.95. The molecule has 8 nitrogen and oxygen atoms in total. The van der Waals surface area contributed by atoms with E-state index in [1.807, 2.05) is 5.32 Å². The van der Waals surface area contributed by atoms with E-state index in [9.17, 15) is 32.3 Å². The average Bonchev–Trinajstić information content (AvgIpc) is 2.58. The van der Waals surface area contributed by atoms with Crippen molar-refractivity contribution in [3.05, 3.63) is 0 Å². The maximum atomic E-state index is 12.2. The summed E-state index contributed by atoms with van der Waals surface area (Å²) >= 11 is 0. The molecule has 0 aromatic rings. The first-order chi connectivity index (χ1) is 12.2. The Balaban J connectivity index is 1.70. The molecular weight excluding hydrogens is 357 g/mol. The van der Waals surface area contributed by atoms with Crippen LogP contribution in [0.2, 0.25) is 0 Å². The van der Waals surface area contributed by atoms with Gasteiger partial charge in [-0.05, 0) is 12.8 Å². The van der Waals surface area contributed by atoms with Crippen molar-refractivity contribution in [2.45, 2.75) is 31.9 Å². The maximum absolute atomic E-state index is 12.2. The van der Waals surface area contributed by atoms with Crippen LogP contribution in [-0.4, -0.2) is 72.5 Å². The summed E-state index contributed by atoms with van der Waals surface area (Å²) in [5.41, 5.74) is 0. The predicted molar refractivity (Wildman–Crippen MR) is 82.7 cm³/mol. The molecule has 0 aromatic heterocycles. The minimum atomic E-state index is -4.45. The molecule has 2 fully saturated rings. The zero-order chi connectivity index (χ0) is 19.3. The van der Waals surface area contributed by atoms with Crippen molar-refractivity contribution >= 4 is 23.8 Å². The van der Waals surface area contributed by atoms with Crippen LogP contribution in [0.25, 0.3) is 0 Å². The Hall–Kier alpha value is -2.33. The number of hydrogen-bond acceptors (Lipinski definition) is 4. The molecule has 0 aliphatic carbocycles. The number of amides is 5. The number of halogens is 3. The van der Waals surface area contributed by atoms with Gasteiger partial charge in [-0.3, -0.25) is 19.7 Å². The van der Waals surface area contributed by atoms with E-state index in [1.54, 1.807) is 4.90 Å². The summed E-state index contributed by atoms with van der Waals surface area (Å²) in [4.78, 5) is 49.5. The zero-order valence-corrected chi connectivity index (χ0v) is 14.1. The third kappa shape index (κ3) is 5.88. The lowest BCUT2D eigenvalue weighted by Gasteiger charge is -2.32. The molecule has 146 valence electrons. The zero-order valence-electron chi connectivity index (χ0n) is 14.1. The normalized spacial score (nSPS) is 19.3. The highest BCUT2D eigenvalue weighted by Crippen LogP contribution is 2.19. The van der Waals surface area contributed by atoms with Gasteiger partial charge in [0.15, 0.2) is 0 Å². The van der Waals surface area contributed by atoms with Gasteiger partial charge in [0.2, 0.25) is 17.7 Å². The summed E-state index contributed by atoms with van der Waals surface area (Å²) in [6.07, 6.45) is -3.56. The SMILES string of the molecule is O=C1CCN(CCC(=O)N2CCC(C(=O)NCC(F)(F)F)CC2)C(=O)N1. The number of nitrogens with zero attached hydrogens (tertiary/aromatic N) is 2. The van der Waals surface area contributed by atoms with Crippen LogP contribution in [0, 0.1) is 5.92 Å². The number of likely N-dealkylation sites (tertiary alicyclic amines) is 1. The van der Waals surface area contributed by atoms with Gasteiger partial charge < -0.3 is 15.1 Å². The number of alkyl halides is 3. The summed E-state index contributed by atoms with van der Waals surface area (Å²) < 4.78 is 36.4. The molecule has 5 amide bonds. The fourth-order valence-corrected chi connectivity index (χ4v) is 2.92. The van der Waals surface area contributed by atoms with Crippen molar-refractivity contribution in [1.82, 2.24) is 20.4 Å². The molecule has 2 aliphatic rings. The first-order valence-electron chi connectivity index (χ1n) is 8.36. The van der Waals surface area contributed by atoms with Gasteiger partial charge in [-0.2, -0.15) is 13.2 Å². The molecule has 2 heterocycles. The number of carbonyl (C=O) groups excluding carboxylic acids is 4. The molecule has 2 rings (SSSR count). The number of imide groups is 1. The van der Waals surface area contributed by atoms with E-state index in [-0.39, 0.29) is 50.8 Å². The summed E-state index contributed by atoms with van der Waals surface area (Å²) in [7, 11) is 0. The molecule has 0 atom stereocenters. The molecule has 0 bridgehead atoms. The van der Waals surface area contributed by atoms with Crippen LogP contribution in [-0.2, 0) is 14.4 Å². The number of hydrogen-bond donors (Lipinski definition) is 2. The highest BCUT2D eigenvalue weighted by atomic mass is 19.4. The number of rotatable bonds is 5. The number of urea groups is 1. The number of nitrogens with one attached hydrogen (secondary N) is 2. The van der Waals surface area contributed by atoms with Crippen LogP contribution in [0.5, 0.6) is 0 Å². The van der Waals surface area contributed by atoms with Gasteiger partial charge in [-0.1, -0.05) is 0 Å². The highest BCUT2D eigenvalue weighted by Gasteiger charge is 2.32. The Labute approximate surface area is 148 Å². The maximum Gasteiger partial charge on any atom is 0.405 e. The average molecular weight is 378 g/mol. The molecule has 0 aromatic carbocycles. The van der Waals surface area contributed by atoms with Gasteiger partial charge in [0.05, 0.1) is 0 Å². The van der Waals surface area contributed by atoms with E-state index in [0.717, 1.165) is 0 Å². The van der Waals surface area contributed by atoms with Crippen molar-refractivity contribution in [3.8, 4) is 0 Å². The Morgan fingerprint density at radius 3 is 2.38 bits per heavy atom. The van der Waals surface area contributed by atoms with Crippen molar-refractivity contribution in [1.29, 1.82) is 0 Å². The van der Waals surface area contributed by atoms with Crippen LogP contribution in [0.15, 0.2) is 0 Å². The first kappa shape index (κ1) is 20.0. The Kier molecular flexibility index (Phi) is 6.43. The van der Waals surface area contributed by atoms with Crippen LogP contribution < -0.4 is 10.6 Å². The largest absolute Gasteiger partial charge is 0.405 e. The Bertz CT molecular complexity index is 574. The predicted octanol–water partition coefficient (Wildman–Crippen LogP) is 0.236. The molecule has 11 heteroatoms. The Morgan fingerprint density at radius 2 is 1.81 bits per heavy atom. The minimum Gasteiger partial charge on any atom is -0.347 e. The van der Waals surface area contributed by atoms with Crippen LogP contribution in [0.1, 0.15) is 25.7 Å². The highest BCUT2D eigenvalue weighted by molar-refractivity contribution is 5.96. The molecule has 2 N–H and O–H groups in total. The third-order valence-electron chi connectivity index (χ3n) is 4.42. The van der Waals surface area contributed by atoms with Crippen molar-refractivity contribution in [2.75, 3.05) is 32.7 Å². The molecule has 2 aliphatic heterocycles. The van der Waals surface area contributed by atoms with E-state index in [1.165, 1.54) is 4.90 Å². The Morgan fingerprint density at radius 1 is 1.15 bits per heavy atom. The lowest BCUT2D eigenvalue weighted by Crippen LogP contribution is -2.50. The molecule has 0 radical (unpaired) electrons. The number of carbonyl (C=O) groups is 4. The van der Waals surface area contributed by atoms with Crippen molar-refractivity contribution in [2.24, 2.45) is 5.92 Å². The quantitative estimate of drug-likeness (QED) is 0.716. The van der Waals surface area contributed by atoms with E-state index < -0.39 is 30.6 Å². The van der Waals surface area contributed by atoms with Gasteiger partial charge in [0.25, 0.3) is 0 Å². The van der Waals surface area contributed by atoms with E-state index in [4.69, 9.17) is 0 Å². The minimum absolute atomic E-state index is 0.0898. The molecule has 0 saturated carbocycles. The standard InChI is InChI=1S/C15H21F3N4O4/c16-15(17,18)9-19-13(25)10-1-5-21(6-2-10)12(24)4-8-22-7-3-11(23)20-14(22)26/h10H,1-9H2,(H,19,25)(H,20,23,26). The van der Waals surface area contributed by atoms with E-state index in [0.29, 0.717) is 12.8 Å². The lowest BCUT2D eigenvalue weighted by molar-refractivity contribution is -0.143. The summed E-state index contributed by atoms with van der Waals surface area (Å²) in [6.45, 7) is -0.337. The first-order valence-corrected chi connectivity index (χ1v) is 8.36. The second-order valence-electron chi connectivity index (χ2n) is 6.33. The van der Waals surface area contributed by atoms with Crippen LogP contribution in [0.4, 0.5) is 18.0 Å². The van der Waals surface area contributed by atoms with Gasteiger partial charge in [0.1, 0.15) is 6.54 Å². The second kappa shape index (κ2) is 8.37.